The average molecular weight is 477 g/mol. The van der Waals surface area contributed by atoms with Crippen molar-refractivity contribution < 1.29 is 27.9 Å². The number of ether oxygens (including phenoxy) is 2. The molecule has 1 fully saturated rings. The molecule has 0 saturated carbocycles. The lowest BCUT2D eigenvalue weighted by molar-refractivity contribution is -0.131. The third-order valence-electron chi connectivity index (χ3n) is 6.21. The van der Waals surface area contributed by atoms with Gasteiger partial charge in [0, 0.05) is 25.9 Å². The summed E-state index contributed by atoms with van der Waals surface area (Å²) in [5.41, 5.74) is 4.45. The first-order valence-electron chi connectivity index (χ1n) is 11.0. The molecule has 1 amide bonds. The molecule has 0 bridgehead atoms. The summed E-state index contributed by atoms with van der Waals surface area (Å²) in [5, 5.41) is 8.94. The van der Waals surface area contributed by atoms with Gasteiger partial charge in [0.15, 0.2) is 9.84 Å². The summed E-state index contributed by atoms with van der Waals surface area (Å²) in [5.74, 6) is -0.0975. The second-order valence-corrected chi connectivity index (χ2v) is 10.9. The summed E-state index contributed by atoms with van der Waals surface area (Å²) >= 11 is 0. The van der Waals surface area contributed by atoms with Gasteiger partial charge in [-0.3, -0.25) is 14.9 Å². The molecule has 8 nitrogen and oxygen atoms in total. The maximum atomic E-state index is 12.1. The molecule has 3 rings (SSSR count). The maximum absolute atomic E-state index is 12.1. The Morgan fingerprint density at radius 1 is 1.09 bits per heavy atom. The minimum absolute atomic E-state index is 0.0636. The normalized spacial score (nSPS) is 16.7. The van der Waals surface area contributed by atoms with E-state index in [2.05, 4.69) is 4.90 Å². The molecule has 0 spiro atoms. The first kappa shape index (κ1) is 25.2. The van der Waals surface area contributed by atoms with Crippen LogP contribution in [0.25, 0.3) is 11.1 Å². The van der Waals surface area contributed by atoms with Gasteiger partial charge in [0.05, 0.1) is 13.2 Å². The van der Waals surface area contributed by atoms with E-state index in [0.29, 0.717) is 13.0 Å². The molecule has 9 heteroatoms. The number of hydrogen-bond donors (Lipinski definition) is 2. The van der Waals surface area contributed by atoms with Crippen molar-refractivity contribution in [1.29, 1.82) is 0 Å². The number of carbonyl (C=O) groups excluding carboxylic acids is 1. The fourth-order valence-corrected chi connectivity index (χ4v) is 4.55. The number of carbonyl (C=O) groups is 1. The van der Waals surface area contributed by atoms with E-state index in [0.717, 1.165) is 61.5 Å². The first-order valence-corrected chi connectivity index (χ1v) is 12.9. The summed E-state index contributed by atoms with van der Waals surface area (Å²) in [6.45, 7) is 6.29. The number of sulfone groups is 1. The monoisotopic (exact) mass is 476 g/mol. The molecule has 2 aromatic carbocycles. The van der Waals surface area contributed by atoms with Crippen LogP contribution in [-0.4, -0.2) is 74.9 Å². The highest BCUT2D eigenvalue weighted by molar-refractivity contribution is 7.92. The zero-order valence-corrected chi connectivity index (χ0v) is 19.9. The fourth-order valence-electron chi connectivity index (χ4n) is 3.69. The fraction of sp³-hybridized carbons (Fsp3) is 0.458. The highest BCUT2D eigenvalue weighted by Gasteiger charge is 2.43. The van der Waals surface area contributed by atoms with Crippen molar-refractivity contribution in [2.24, 2.45) is 0 Å². The Morgan fingerprint density at radius 2 is 1.67 bits per heavy atom. The molecule has 1 saturated heterocycles. The molecule has 2 N–H and O–H groups in total. The number of nitrogens with zero attached hydrogens (tertiary/aromatic N) is 1. The van der Waals surface area contributed by atoms with Crippen molar-refractivity contribution in [3.8, 4) is 16.9 Å². The number of nitrogens with one attached hydrogen (secondary N) is 1. The zero-order valence-electron chi connectivity index (χ0n) is 19.1. The van der Waals surface area contributed by atoms with Crippen LogP contribution >= 0.6 is 0 Å². The Labute approximate surface area is 195 Å². The Hall–Kier alpha value is -2.46. The molecule has 0 radical (unpaired) electrons. The van der Waals surface area contributed by atoms with Crippen LogP contribution in [0.3, 0.4) is 0 Å². The number of hydrogen-bond acceptors (Lipinski definition) is 7. The van der Waals surface area contributed by atoms with E-state index in [1.807, 2.05) is 48.5 Å². The molecule has 2 aromatic rings. The van der Waals surface area contributed by atoms with E-state index in [1.54, 1.807) is 0 Å². The van der Waals surface area contributed by atoms with Crippen molar-refractivity contribution >= 4 is 15.7 Å². The lowest BCUT2D eigenvalue weighted by Gasteiger charge is -2.26. The van der Waals surface area contributed by atoms with Gasteiger partial charge in [0.2, 0.25) is 0 Å². The van der Waals surface area contributed by atoms with Crippen LogP contribution < -0.4 is 10.2 Å². The van der Waals surface area contributed by atoms with Gasteiger partial charge >= 0.3 is 0 Å². The van der Waals surface area contributed by atoms with Gasteiger partial charge in [-0.15, -0.1) is 0 Å². The number of rotatable bonds is 10. The van der Waals surface area contributed by atoms with Crippen molar-refractivity contribution in [2.75, 3.05) is 45.7 Å². The lowest BCUT2D eigenvalue weighted by atomic mass is 9.97. The number of hydroxylamine groups is 1. The molecule has 1 atom stereocenters. The van der Waals surface area contributed by atoms with Crippen LogP contribution in [0.1, 0.15) is 18.9 Å². The van der Waals surface area contributed by atoms with Gasteiger partial charge in [0.25, 0.3) is 5.91 Å². The molecule has 1 heterocycles. The van der Waals surface area contributed by atoms with E-state index in [4.69, 9.17) is 14.7 Å². The second kappa shape index (κ2) is 11.1. The molecule has 1 aliphatic heterocycles. The number of benzene rings is 2. The molecule has 0 unspecified atom stereocenters. The Balaban J connectivity index is 1.55. The Kier molecular flexibility index (Phi) is 8.47. The molecule has 0 aliphatic carbocycles. The first-order chi connectivity index (χ1) is 15.7. The molecule has 180 valence electrons. The van der Waals surface area contributed by atoms with Crippen LogP contribution in [0.2, 0.25) is 0 Å². The highest BCUT2D eigenvalue weighted by atomic mass is 32.2. The molecule has 33 heavy (non-hydrogen) atoms. The van der Waals surface area contributed by atoms with Crippen LogP contribution in [0.15, 0.2) is 48.5 Å². The van der Waals surface area contributed by atoms with E-state index in [-0.39, 0.29) is 6.42 Å². The van der Waals surface area contributed by atoms with E-state index in [9.17, 15) is 13.2 Å². The number of amides is 1. The van der Waals surface area contributed by atoms with E-state index >= 15 is 0 Å². The van der Waals surface area contributed by atoms with Crippen molar-refractivity contribution in [2.45, 2.75) is 24.5 Å². The average Bonchev–Trinajstić information content (AvgIpc) is 2.83. The van der Waals surface area contributed by atoms with Gasteiger partial charge in [-0.25, -0.2) is 13.9 Å². The lowest BCUT2D eigenvalue weighted by Crippen LogP contribution is -2.49. The van der Waals surface area contributed by atoms with Gasteiger partial charge in [-0.2, -0.15) is 0 Å². The van der Waals surface area contributed by atoms with E-state index < -0.39 is 20.5 Å². The van der Waals surface area contributed by atoms with Crippen molar-refractivity contribution in [3.63, 3.8) is 0 Å². The van der Waals surface area contributed by atoms with E-state index in [1.165, 1.54) is 12.4 Å². The van der Waals surface area contributed by atoms with Crippen LogP contribution in [-0.2, 0) is 25.8 Å². The summed E-state index contributed by atoms with van der Waals surface area (Å²) in [6, 6.07) is 15.7. The van der Waals surface area contributed by atoms with Gasteiger partial charge in [-0.1, -0.05) is 36.4 Å². The zero-order chi connectivity index (χ0) is 23.9. The molecule has 0 aromatic heterocycles. The summed E-state index contributed by atoms with van der Waals surface area (Å²) in [7, 11) is -3.71. The molecular formula is C24H32N2O6S. The minimum atomic E-state index is -3.71. The smallest absolute Gasteiger partial charge is 0.264 e. The van der Waals surface area contributed by atoms with Gasteiger partial charge < -0.3 is 9.47 Å². The SMILES string of the molecule is C[C@@](CCc1ccc(-c2ccc(OCCN3CCOCC3)cc2)cc1)(C(=O)NO)S(C)(=O)=O. The predicted molar refractivity (Wildman–Crippen MR) is 126 cm³/mol. The largest absolute Gasteiger partial charge is 0.492 e. The molecular weight excluding hydrogens is 444 g/mol. The maximum Gasteiger partial charge on any atom is 0.264 e. The van der Waals surface area contributed by atoms with Gasteiger partial charge in [-0.05, 0) is 48.6 Å². The third-order valence-corrected chi connectivity index (χ3v) is 8.24. The van der Waals surface area contributed by atoms with Gasteiger partial charge in [0.1, 0.15) is 17.1 Å². The number of morpholine rings is 1. The number of aryl methyl sites for hydroxylation is 1. The van der Waals surface area contributed by atoms with Crippen LogP contribution in [0.4, 0.5) is 0 Å². The summed E-state index contributed by atoms with van der Waals surface area (Å²) < 4.78 is 33.7. The van der Waals surface area contributed by atoms with Crippen LogP contribution in [0, 0.1) is 0 Å². The van der Waals surface area contributed by atoms with Crippen LogP contribution in [0.5, 0.6) is 5.75 Å². The topological polar surface area (TPSA) is 105 Å². The third kappa shape index (κ3) is 6.54. The quantitative estimate of drug-likeness (QED) is 0.400. The Morgan fingerprint density at radius 3 is 2.21 bits per heavy atom. The second-order valence-electron chi connectivity index (χ2n) is 8.47. The summed E-state index contributed by atoms with van der Waals surface area (Å²) in [6.07, 6.45) is 1.45. The van der Waals surface area contributed by atoms with Crippen molar-refractivity contribution in [3.05, 3.63) is 54.1 Å². The summed E-state index contributed by atoms with van der Waals surface area (Å²) in [4.78, 5) is 14.3. The Bertz CT molecular complexity index is 1020. The standard InChI is InChI=1S/C24H32N2O6S/c1-24(23(27)25-28,33(2,29)30)12-11-19-3-5-20(6-4-19)21-7-9-22(10-8-21)32-18-15-26-13-16-31-17-14-26/h3-10,28H,11-18H2,1-2H3,(H,25,27)/t24-/m1/s1. The van der Waals surface area contributed by atoms with Crippen molar-refractivity contribution in [1.82, 2.24) is 10.4 Å². The molecule has 1 aliphatic rings. The minimum Gasteiger partial charge on any atom is -0.492 e. The predicted octanol–water partition coefficient (Wildman–Crippen LogP) is 2.31. The highest BCUT2D eigenvalue weighted by Crippen LogP contribution is 2.26.